The van der Waals surface area contributed by atoms with Gasteiger partial charge in [-0.05, 0) is 12.5 Å². The van der Waals surface area contributed by atoms with Crippen LogP contribution in [0.1, 0.15) is 6.42 Å². The van der Waals surface area contributed by atoms with E-state index in [1.54, 1.807) is 6.20 Å². The van der Waals surface area contributed by atoms with Gasteiger partial charge in [0, 0.05) is 46.5 Å². The van der Waals surface area contributed by atoms with Crippen LogP contribution in [0.4, 0.5) is 11.8 Å². The monoisotopic (exact) mass is 279 g/mol. The van der Waals surface area contributed by atoms with Crippen molar-refractivity contribution in [2.75, 3.05) is 56.6 Å². The Balaban J connectivity index is 2.03. The van der Waals surface area contributed by atoms with Crippen molar-refractivity contribution in [1.82, 2.24) is 14.9 Å². The summed E-state index contributed by atoms with van der Waals surface area (Å²) in [5.41, 5.74) is 0. The van der Waals surface area contributed by atoms with Crippen LogP contribution in [-0.4, -0.2) is 72.8 Å². The number of carboxylic acids is 1. The van der Waals surface area contributed by atoms with Crippen molar-refractivity contribution in [1.29, 1.82) is 0 Å². The average Bonchev–Trinajstić information content (AvgIpc) is 2.64. The Morgan fingerprint density at radius 3 is 2.85 bits per heavy atom. The number of hydrogen-bond acceptors (Lipinski definition) is 6. The largest absolute Gasteiger partial charge is 0.480 e. The fraction of sp³-hybridized carbons (Fsp3) is 0.615. The van der Waals surface area contributed by atoms with E-state index in [-0.39, 0.29) is 6.54 Å². The van der Waals surface area contributed by atoms with Crippen molar-refractivity contribution >= 4 is 17.7 Å². The molecule has 1 N–H and O–H groups in total. The van der Waals surface area contributed by atoms with Crippen molar-refractivity contribution in [3.8, 4) is 0 Å². The topological polar surface area (TPSA) is 72.8 Å². The summed E-state index contributed by atoms with van der Waals surface area (Å²) in [6.45, 7) is 3.35. The molecular weight excluding hydrogens is 258 g/mol. The molecule has 20 heavy (non-hydrogen) atoms. The second-order valence-corrected chi connectivity index (χ2v) is 5.12. The van der Waals surface area contributed by atoms with Crippen molar-refractivity contribution in [3.63, 3.8) is 0 Å². The number of aromatic nitrogens is 2. The van der Waals surface area contributed by atoms with Gasteiger partial charge in [-0.25, -0.2) is 4.98 Å². The number of anilines is 2. The number of rotatable bonds is 4. The first kappa shape index (κ1) is 14.5. The number of hydrogen-bond donors (Lipinski definition) is 1. The number of aliphatic carboxylic acids is 1. The van der Waals surface area contributed by atoms with Crippen LogP contribution in [0.3, 0.4) is 0 Å². The van der Waals surface area contributed by atoms with E-state index >= 15 is 0 Å². The van der Waals surface area contributed by atoms with Crippen LogP contribution >= 0.6 is 0 Å². The molecule has 0 spiro atoms. The Hall–Kier alpha value is -1.89. The number of carbonyl (C=O) groups is 1. The third-order valence-electron chi connectivity index (χ3n) is 3.30. The lowest BCUT2D eigenvalue weighted by Gasteiger charge is -2.23. The summed E-state index contributed by atoms with van der Waals surface area (Å²) in [6, 6.07) is 1.90. The van der Waals surface area contributed by atoms with Gasteiger partial charge >= 0.3 is 5.97 Å². The molecule has 7 nitrogen and oxygen atoms in total. The molecule has 0 saturated carbocycles. The molecule has 0 bridgehead atoms. The van der Waals surface area contributed by atoms with Crippen molar-refractivity contribution in [2.24, 2.45) is 0 Å². The van der Waals surface area contributed by atoms with E-state index in [4.69, 9.17) is 5.11 Å². The minimum Gasteiger partial charge on any atom is -0.480 e. The van der Waals surface area contributed by atoms with Gasteiger partial charge in [0.15, 0.2) is 0 Å². The second-order valence-electron chi connectivity index (χ2n) is 5.12. The molecule has 1 aromatic rings. The molecule has 1 fully saturated rings. The molecule has 0 aromatic carbocycles. The maximum atomic E-state index is 10.8. The summed E-state index contributed by atoms with van der Waals surface area (Å²) in [6.07, 6.45) is 2.70. The van der Waals surface area contributed by atoms with E-state index < -0.39 is 5.97 Å². The summed E-state index contributed by atoms with van der Waals surface area (Å²) in [5, 5.41) is 8.86. The minimum atomic E-state index is -0.768. The molecule has 1 saturated heterocycles. The van der Waals surface area contributed by atoms with Gasteiger partial charge in [-0.1, -0.05) is 0 Å². The molecular formula is C13H21N5O2. The van der Waals surface area contributed by atoms with Crippen LogP contribution in [0.25, 0.3) is 0 Å². The van der Waals surface area contributed by atoms with Crippen LogP contribution < -0.4 is 9.80 Å². The molecule has 0 radical (unpaired) electrons. The van der Waals surface area contributed by atoms with Gasteiger partial charge in [0.25, 0.3) is 0 Å². The normalized spacial score (nSPS) is 16.8. The maximum absolute atomic E-state index is 10.8. The highest BCUT2D eigenvalue weighted by molar-refractivity contribution is 5.69. The smallest absolute Gasteiger partial charge is 0.317 e. The molecule has 2 rings (SSSR count). The Morgan fingerprint density at radius 2 is 2.15 bits per heavy atom. The first-order chi connectivity index (χ1) is 9.56. The van der Waals surface area contributed by atoms with E-state index in [0.717, 1.165) is 38.4 Å². The van der Waals surface area contributed by atoms with Gasteiger partial charge < -0.3 is 14.9 Å². The molecule has 110 valence electrons. The molecule has 1 aliphatic rings. The van der Waals surface area contributed by atoms with E-state index in [2.05, 4.69) is 14.9 Å². The SMILES string of the molecule is CN(C)c1nccc(N2CCCN(CC(=O)O)CC2)n1. The van der Waals surface area contributed by atoms with E-state index in [9.17, 15) is 4.79 Å². The first-order valence-electron chi connectivity index (χ1n) is 6.76. The van der Waals surface area contributed by atoms with E-state index in [1.165, 1.54) is 0 Å². The molecule has 1 aromatic heterocycles. The molecule has 0 amide bonds. The summed E-state index contributed by atoms with van der Waals surface area (Å²) < 4.78 is 0. The van der Waals surface area contributed by atoms with Crippen molar-refractivity contribution in [2.45, 2.75) is 6.42 Å². The Bertz CT molecular complexity index is 466. The van der Waals surface area contributed by atoms with Crippen LogP contribution in [-0.2, 0) is 4.79 Å². The zero-order valence-corrected chi connectivity index (χ0v) is 12.0. The highest BCUT2D eigenvalue weighted by Crippen LogP contribution is 2.15. The lowest BCUT2D eigenvalue weighted by molar-refractivity contribution is -0.138. The zero-order valence-electron chi connectivity index (χ0n) is 12.0. The number of carboxylic acid groups (broad SMARTS) is 1. The Kier molecular flexibility index (Phi) is 4.73. The summed E-state index contributed by atoms with van der Waals surface area (Å²) in [7, 11) is 3.83. The van der Waals surface area contributed by atoms with Gasteiger partial charge in [-0.2, -0.15) is 4.98 Å². The first-order valence-corrected chi connectivity index (χ1v) is 6.76. The van der Waals surface area contributed by atoms with Crippen LogP contribution in [0.5, 0.6) is 0 Å². The molecule has 2 heterocycles. The second kappa shape index (κ2) is 6.51. The lowest BCUT2D eigenvalue weighted by atomic mass is 10.3. The van der Waals surface area contributed by atoms with Gasteiger partial charge in [0.05, 0.1) is 6.54 Å². The Labute approximate surface area is 118 Å². The van der Waals surface area contributed by atoms with Crippen LogP contribution in [0, 0.1) is 0 Å². The molecule has 1 aliphatic heterocycles. The fourth-order valence-electron chi connectivity index (χ4n) is 2.28. The zero-order chi connectivity index (χ0) is 14.5. The molecule has 0 unspecified atom stereocenters. The van der Waals surface area contributed by atoms with Crippen molar-refractivity contribution in [3.05, 3.63) is 12.3 Å². The lowest BCUT2D eigenvalue weighted by Crippen LogP contribution is -2.34. The van der Waals surface area contributed by atoms with Gasteiger partial charge in [-0.3, -0.25) is 9.69 Å². The van der Waals surface area contributed by atoms with E-state index in [1.807, 2.05) is 30.0 Å². The van der Waals surface area contributed by atoms with Gasteiger partial charge in [0.2, 0.25) is 5.95 Å². The Morgan fingerprint density at radius 1 is 1.35 bits per heavy atom. The van der Waals surface area contributed by atoms with E-state index in [0.29, 0.717) is 5.95 Å². The maximum Gasteiger partial charge on any atom is 0.317 e. The predicted octanol–water partition coefficient (Wildman–Crippen LogP) is 0.139. The third kappa shape index (κ3) is 3.80. The predicted molar refractivity (Wildman–Crippen MR) is 77.3 cm³/mol. The average molecular weight is 279 g/mol. The molecule has 0 atom stereocenters. The van der Waals surface area contributed by atoms with Crippen LogP contribution in [0.15, 0.2) is 12.3 Å². The molecule has 0 aliphatic carbocycles. The standard InChI is InChI=1S/C13H21N5O2/c1-16(2)13-14-5-4-11(15-13)18-7-3-6-17(8-9-18)10-12(19)20/h4-5H,3,6-10H2,1-2H3,(H,19,20). The fourth-order valence-corrected chi connectivity index (χ4v) is 2.28. The summed E-state index contributed by atoms with van der Waals surface area (Å²) in [5.74, 6) is 0.824. The quantitative estimate of drug-likeness (QED) is 0.840. The number of nitrogens with zero attached hydrogens (tertiary/aromatic N) is 5. The highest BCUT2D eigenvalue weighted by atomic mass is 16.4. The van der Waals surface area contributed by atoms with Gasteiger partial charge in [0.1, 0.15) is 5.82 Å². The third-order valence-corrected chi connectivity index (χ3v) is 3.30. The summed E-state index contributed by atoms with van der Waals surface area (Å²) in [4.78, 5) is 25.5. The summed E-state index contributed by atoms with van der Waals surface area (Å²) >= 11 is 0. The highest BCUT2D eigenvalue weighted by Gasteiger charge is 2.18. The van der Waals surface area contributed by atoms with Crippen LogP contribution in [0.2, 0.25) is 0 Å². The minimum absolute atomic E-state index is 0.112. The van der Waals surface area contributed by atoms with Crippen molar-refractivity contribution < 1.29 is 9.90 Å². The van der Waals surface area contributed by atoms with Gasteiger partial charge in [-0.15, -0.1) is 0 Å². The molecule has 7 heteroatoms.